The molecule has 0 atom stereocenters. The van der Waals surface area contributed by atoms with Crippen molar-refractivity contribution in [3.05, 3.63) is 59.0 Å². The molecule has 0 saturated carbocycles. The topological polar surface area (TPSA) is 62.6 Å². The number of carbonyl (C=O) groups is 1. The number of thiocarbonyl (C=S) groups is 1. The van der Waals surface area contributed by atoms with Crippen molar-refractivity contribution in [3.63, 3.8) is 0 Å². The van der Waals surface area contributed by atoms with E-state index in [1.807, 2.05) is 49.4 Å². The largest absolute Gasteiger partial charge is 0.494 e. The van der Waals surface area contributed by atoms with Crippen LogP contribution in [0.3, 0.4) is 0 Å². The predicted octanol–water partition coefficient (Wildman–Crippen LogP) is 4.39. The number of ether oxygens (including phenoxy) is 2. The molecule has 1 saturated heterocycles. The number of rotatable bonds is 6. The van der Waals surface area contributed by atoms with Gasteiger partial charge in [-0.3, -0.25) is 9.69 Å². The summed E-state index contributed by atoms with van der Waals surface area (Å²) in [5.74, 6) is 1.20. The molecule has 0 spiro atoms. The lowest BCUT2D eigenvalue weighted by Crippen LogP contribution is -2.27. The third-order valence-electron chi connectivity index (χ3n) is 3.68. The van der Waals surface area contributed by atoms with Crippen molar-refractivity contribution in [3.8, 4) is 17.6 Å². The molecule has 1 aliphatic rings. The number of benzene rings is 2. The predicted molar refractivity (Wildman–Crippen MR) is 111 cm³/mol. The minimum Gasteiger partial charge on any atom is -0.494 e. The summed E-state index contributed by atoms with van der Waals surface area (Å²) in [7, 11) is 0. The first-order valence-corrected chi connectivity index (χ1v) is 9.45. The molecular formula is C20H16N2O3S2. The summed E-state index contributed by atoms with van der Waals surface area (Å²) < 4.78 is 11.1. The van der Waals surface area contributed by atoms with E-state index in [0.29, 0.717) is 27.3 Å². The van der Waals surface area contributed by atoms with E-state index < -0.39 is 0 Å². The molecule has 0 unspecified atom stereocenters. The van der Waals surface area contributed by atoms with E-state index in [4.69, 9.17) is 27.0 Å². The molecule has 5 nitrogen and oxygen atoms in total. The first-order chi connectivity index (χ1) is 13.1. The van der Waals surface area contributed by atoms with Gasteiger partial charge in [-0.15, -0.1) is 0 Å². The number of anilines is 1. The zero-order chi connectivity index (χ0) is 19.2. The van der Waals surface area contributed by atoms with E-state index in [-0.39, 0.29) is 12.5 Å². The normalized spacial score (nSPS) is 15.1. The van der Waals surface area contributed by atoms with Gasteiger partial charge in [-0.1, -0.05) is 36.1 Å². The SMILES string of the molecule is CCOc1ccc(N2C(=O)/C(=C/c3ccc(OCC#N)cc3)SC2=S)cc1. The Bertz CT molecular complexity index is 916. The molecule has 0 aliphatic carbocycles. The summed E-state index contributed by atoms with van der Waals surface area (Å²) in [5.41, 5.74) is 1.57. The zero-order valence-electron chi connectivity index (χ0n) is 14.5. The molecule has 136 valence electrons. The lowest BCUT2D eigenvalue weighted by molar-refractivity contribution is -0.113. The Hall–Kier alpha value is -2.82. The molecule has 1 fully saturated rings. The molecule has 1 heterocycles. The number of nitrogens with zero attached hydrogens (tertiary/aromatic N) is 2. The summed E-state index contributed by atoms with van der Waals surface area (Å²) in [6.45, 7) is 2.51. The van der Waals surface area contributed by atoms with Crippen LogP contribution < -0.4 is 14.4 Å². The van der Waals surface area contributed by atoms with Crippen molar-refractivity contribution >= 4 is 46.0 Å². The quantitative estimate of drug-likeness (QED) is 0.533. The second-order valence-electron chi connectivity index (χ2n) is 5.46. The second kappa shape index (κ2) is 8.71. The Morgan fingerprint density at radius 2 is 1.74 bits per heavy atom. The molecule has 2 aromatic carbocycles. The van der Waals surface area contributed by atoms with Crippen LogP contribution in [0.1, 0.15) is 12.5 Å². The van der Waals surface area contributed by atoms with Crippen molar-refractivity contribution in [2.45, 2.75) is 6.92 Å². The van der Waals surface area contributed by atoms with E-state index >= 15 is 0 Å². The molecule has 3 rings (SSSR count). The molecule has 2 aromatic rings. The molecule has 0 aromatic heterocycles. The molecule has 7 heteroatoms. The fourth-order valence-electron chi connectivity index (χ4n) is 2.48. The number of thioether (sulfide) groups is 1. The second-order valence-corrected chi connectivity index (χ2v) is 7.14. The van der Waals surface area contributed by atoms with Crippen molar-refractivity contribution in [1.82, 2.24) is 0 Å². The molecular weight excluding hydrogens is 380 g/mol. The Labute approximate surface area is 167 Å². The first-order valence-electron chi connectivity index (χ1n) is 8.23. The average molecular weight is 396 g/mol. The van der Waals surface area contributed by atoms with Gasteiger partial charge in [0.25, 0.3) is 5.91 Å². The van der Waals surface area contributed by atoms with Crippen molar-refractivity contribution < 1.29 is 14.3 Å². The molecule has 1 aliphatic heterocycles. The minimum absolute atomic E-state index is 0.0000894. The summed E-state index contributed by atoms with van der Waals surface area (Å²) in [6, 6.07) is 16.4. The van der Waals surface area contributed by atoms with Gasteiger partial charge in [0, 0.05) is 0 Å². The number of carbonyl (C=O) groups excluding carboxylic acids is 1. The van der Waals surface area contributed by atoms with Crippen LogP contribution in [0.4, 0.5) is 5.69 Å². The molecule has 27 heavy (non-hydrogen) atoms. The highest BCUT2D eigenvalue weighted by Gasteiger charge is 2.33. The van der Waals surface area contributed by atoms with E-state index in [1.54, 1.807) is 18.2 Å². The van der Waals surface area contributed by atoms with E-state index in [9.17, 15) is 4.79 Å². The lowest BCUT2D eigenvalue weighted by Gasteiger charge is -2.15. The Morgan fingerprint density at radius 3 is 2.37 bits per heavy atom. The first kappa shape index (κ1) is 19.0. The van der Waals surface area contributed by atoms with E-state index in [1.165, 1.54) is 16.7 Å². The van der Waals surface area contributed by atoms with Gasteiger partial charge in [0.1, 0.15) is 17.6 Å². The van der Waals surface area contributed by atoms with Crippen LogP contribution >= 0.6 is 24.0 Å². The van der Waals surface area contributed by atoms with Gasteiger partial charge in [0.05, 0.1) is 17.2 Å². The van der Waals surface area contributed by atoms with Crippen LogP contribution in [0.25, 0.3) is 6.08 Å². The van der Waals surface area contributed by atoms with Gasteiger partial charge >= 0.3 is 0 Å². The maximum absolute atomic E-state index is 12.8. The Morgan fingerprint density at radius 1 is 1.11 bits per heavy atom. The van der Waals surface area contributed by atoms with Gasteiger partial charge in [-0.25, -0.2) is 0 Å². The number of hydrogen-bond donors (Lipinski definition) is 0. The van der Waals surface area contributed by atoms with Gasteiger partial charge in [0.15, 0.2) is 10.9 Å². The third-order valence-corrected chi connectivity index (χ3v) is 4.98. The lowest BCUT2D eigenvalue weighted by atomic mass is 10.2. The van der Waals surface area contributed by atoms with E-state index in [2.05, 4.69) is 0 Å². The standard InChI is InChI=1S/C20H16N2O3S2/c1-2-24-16-9-5-15(6-10-16)22-19(23)18(27-20(22)26)13-14-3-7-17(8-4-14)25-12-11-21/h3-10,13H,2,12H2,1H3/b18-13-. The fraction of sp³-hybridized carbons (Fsp3) is 0.150. The summed E-state index contributed by atoms with van der Waals surface area (Å²) >= 11 is 6.66. The smallest absolute Gasteiger partial charge is 0.270 e. The van der Waals surface area contributed by atoms with Crippen LogP contribution in [0.15, 0.2) is 53.4 Å². The Balaban J connectivity index is 1.77. The summed E-state index contributed by atoms with van der Waals surface area (Å²) in [4.78, 5) is 14.9. The van der Waals surface area contributed by atoms with Gasteiger partial charge < -0.3 is 9.47 Å². The van der Waals surface area contributed by atoms with Crippen molar-refractivity contribution in [2.24, 2.45) is 0 Å². The third kappa shape index (κ3) is 4.48. The summed E-state index contributed by atoms with van der Waals surface area (Å²) in [6.07, 6.45) is 1.79. The molecule has 0 radical (unpaired) electrons. The maximum atomic E-state index is 12.8. The van der Waals surface area contributed by atoms with E-state index in [0.717, 1.165) is 11.3 Å². The highest BCUT2D eigenvalue weighted by atomic mass is 32.2. The highest BCUT2D eigenvalue weighted by Crippen LogP contribution is 2.36. The molecule has 0 bridgehead atoms. The number of hydrogen-bond acceptors (Lipinski definition) is 6. The van der Waals surface area contributed by atoms with Crippen molar-refractivity contribution in [1.29, 1.82) is 5.26 Å². The zero-order valence-corrected chi connectivity index (χ0v) is 16.2. The van der Waals surface area contributed by atoms with Crippen LogP contribution in [0.5, 0.6) is 11.5 Å². The number of nitriles is 1. The fourth-order valence-corrected chi connectivity index (χ4v) is 3.77. The Kier molecular flexibility index (Phi) is 6.12. The monoisotopic (exact) mass is 396 g/mol. The van der Waals surface area contributed by atoms with Gasteiger partial charge in [-0.05, 0) is 55.0 Å². The highest BCUT2D eigenvalue weighted by molar-refractivity contribution is 8.27. The summed E-state index contributed by atoms with van der Waals surface area (Å²) in [5, 5.41) is 8.54. The maximum Gasteiger partial charge on any atom is 0.270 e. The van der Waals surface area contributed by atoms with Gasteiger partial charge in [-0.2, -0.15) is 5.26 Å². The van der Waals surface area contributed by atoms with Crippen LogP contribution in [-0.4, -0.2) is 23.4 Å². The van der Waals surface area contributed by atoms with Crippen molar-refractivity contribution in [2.75, 3.05) is 18.1 Å². The number of amides is 1. The van der Waals surface area contributed by atoms with Crippen LogP contribution in [0.2, 0.25) is 0 Å². The minimum atomic E-state index is -0.154. The van der Waals surface area contributed by atoms with Crippen LogP contribution in [0, 0.1) is 11.3 Å². The average Bonchev–Trinajstić information content (AvgIpc) is 2.95. The van der Waals surface area contributed by atoms with Crippen LogP contribution in [-0.2, 0) is 4.79 Å². The molecule has 1 amide bonds. The molecule has 0 N–H and O–H groups in total. The van der Waals surface area contributed by atoms with Gasteiger partial charge in [0.2, 0.25) is 0 Å².